The average Bonchev–Trinajstić information content (AvgIpc) is 2.52. The summed E-state index contributed by atoms with van der Waals surface area (Å²) >= 11 is 5.30. The first-order valence-electron chi connectivity index (χ1n) is 5.22. The second kappa shape index (κ2) is 6.59. The van der Waals surface area contributed by atoms with E-state index in [1.54, 1.807) is 0 Å². The number of aryl methyl sites for hydroxylation is 1. The fourth-order valence-corrected chi connectivity index (χ4v) is 3.06. The lowest BCUT2D eigenvalue weighted by atomic mass is 10.1. The van der Waals surface area contributed by atoms with Gasteiger partial charge >= 0.3 is 0 Å². The van der Waals surface area contributed by atoms with Crippen LogP contribution in [0.25, 0.3) is 0 Å². The summed E-state index contributed by atoms with van der Waals surface area (Å²) in [6.07, 6.45) is 5.91. The Morgan fingerprint density at radius 1 is 1.43 bits per heavy atom. The lowest BCUT2D eigenvalue weighted by Gasteiger charge is -2.08. The third-order valence-corrected chi connectivity index (χ3v) is 3.97. The van der Waals surface area contributed by atoms with Crippen molar-refractivity contribution in [1.29, 1.82) is 0 Å². The SMILES string of the molecule is CCCC(N)CCCc1ccc(Br)s1. The van der Waals surface area contributed by atoms with Gasteiger partial charge in [0.2, 0.25) is 0 Å². The van der Waals surface area contributed by atoms with E-state index in [1.165, 1.54) is 27.9 Å². The number of rotatable bonds is 6. The van der Waals surface area contributed by atoms with E-state index >= 15 is 0 Å². The van der Waals surface area contributed by atoms with Gasteiger partial charge in [-0.2, -0.15) is 0 Å². The Hall–Kier alpha value is 0.140. The summed E-state index contributed by atoms with van der Waals surface area (Å²) in [7, 11) is 0. The zero-order valence-electron chi connectivity index (χ0n) is 8.63. The monoisotopic (exact) mass is 275 g/mol. The molecule has 1 atom stereocenters. The van der Waals surface area contributed by atoms with Gasteiger partial charge in [-0.15, -0.1) is 11.3 Å². The van der Waals surface area contributed by atoms with Gasteiger partial charge in [-0.3, -0.25) is 0 Å². The molecule has 80 valence electrons. The summed E-state index contributed by atoms with van der Waals surface area (Å²) in [4.78, 5) is 1.46. The zero-order chi connectivity index (χ0) is 10.4. The summed E-state index contributed by atoms with van der Waals surface area (Å²) in [5.74, 6) is 0. The Morgan fingerprint density at radius 2 is 2.21 bits per heavy atom. The third kappa shape index (κ3) is 4.58. The molecule has 0 saturated heterocycles. The Bertz CT molecular complexity index is 260. The van der Waals surface area contributed by atoms with Crippen LogP contribution in [0.15, 0.2) is 15.9 Å². The van der Waals surface area contributed by atoms with Gasteiger partial charge in [0.25, 0.3) is 0 Å². The molecule has 0 aliphatic rings. The summed E-state index contributed by atoms with van der Waals surface area (Å²) < 4.78 is 1.23. The summed E-state index contributed by atoms with van der Waals surface area (Å²) in [6, 6.07) is 4.72. The maximum absolute atomic E-state index is 5.95. The Kier molecular flexibility index (Phi) is 5.75. The second-order valence-electron chi connectivity index (χ2n) is 3.65. The Balaban J connectivity index is 2.15. The van der Waals surface area contributed by atoms with Gasteiger partial charge in [-0.05, 0) is 53.7 Å². The van der Waals surface area contributed by atoms with Crippen molar-refractivity contribution >= 4 is 27.3 Å². The number of hydrogen-bond acceptors (Lipinski definition) is 2. The summed E-state index contributed by atoms with van der Waals surface area (Å²) in [5, 5.41) is 0. The van der Waals surface area contributed by atoms with Gasteiger partial charge in [0.1, 0.15) is 0 Å². The molecule has 0 aliphatic heterocycles. The minimum atomic E-state index is 0.406. The summed E-state index contributed by atoms with van der Waals surface area (Å²) in [5.41, 5.74) is 5.95. The standard InChI is InChI=1S/C11H18BrNS/c1-2-4-9(13)5-3-6-10-7-8-11(12)14-10/h7-9H,2-6,13H2,1H3. The van der Waals surface area contributed by atoms with Crippen LogP contribution >= 0.6 is 27.3 Å². The van der Waals surface area contributed by atoms with Crippen LogP contribution in [0.5, 0.6) is 0 Å². The smallest absolute Gasteiger partial charge is 0.0701 e. The molecule has 2 N–H and O–H groups in total. The molecule has 0 spiro atoms. The maximum Gasteiger partial charge on any atom is 0.0701 e. The van der Waals surface area contributed by atoms with E-state index in [-0.39, 0.29) is 0 Å². The van der Waals surface area contributed by atoms with Crippen LogP contribution in [0.4, 0.5) is 0 Å². The Labute approximate surface area is 98.8 Å². The highest BCUT2D eigenvalue weighted by atomic mass is 79.9. The molecule has 0 aromatic carbocycles. The number of nitrogens with two attached hydrogens (primary N) is 1. The van der Waals surface area contributed by atoms with Crippen LogP contribution in [0, 0.1) is 0 Å². The second-order valence-corrected chi connectivity index (χ2v) is 6.19. The zero-order valence-corrected chi connectivity index (χ0v) is 11.0. The van der Waals surface area contributed by atoms with Gasteiger partial charge in [0.15, 0.2) is 0 Å². The van der Waals surface area contributed by atoms with Crippen molar-refractivity contribution in [3.8, 4) is 0 Å². The first-order valence-corrected chi connectivity index (χ1v) is 6.83. The molecule has 0 radical (unpaired) electrons. The van der Waals surface area contributed by atoms with Crippen molar-refractivity contribution in [3.63, 3.8) is 0 Å². The minimum Gasteiger partial charge on any atom is -0.328 e. The lowest BCUT2D eigenvalue weighted by molar-refractivity contribution is 0.540. The number of halogens is 1. The highest BCUT2D eigenvalue weighted by Gasteiger charge is 2.02. The molecule has 0 amide bonds. The molecule has 0 aliphatic carbocycles. The van der Waals surface area contributed by atoms with Crippen molar-refractivity contribution in [2.24, 2.45) is 5.73 Å². The first-order chi connectivity index (χ1) is 6.72. The molecule has 0 saturated carbocycles. The van der Waals surface area contributed by atoms with Crippen LogP contribution in [0.1, 0.15) is 37.5 Å². The van der Waals surface area contributed by atoms with Gasteiger partial charge in [0, 0.05) is 10.9 Å². The molecular formula is C11H18BrNS. The molecular weight excluding hydrogens is 258 g/mol. The van der Waals surface area contributed by atoms with E-state index in [4.69, 9.17) is 5.73 Å². The van der Waals surface area contributed by atoms with Gasteiger partial charge in [-0.25, -0.2) is 0 Å². The molecule has 1 unspecified atom stereocenters. The molecule has 1 nitrogen and oxygen atoms in total. The molecule has 1 heterocycles. The van der Waals surface area contributed by atoms with Crippen molar-refractivity contribution in [3.05, 3.63) is 20.8 Å². The van der Waals surface area contributed by atoms with E-state index in [2.05, 4.69) is 35.0 Å². The third-order valence-electron chi connectivity index (χ3n) is 2.29. The molecule has 1 rings (SSSR count). The quantitative estimate of drug-likeness (QED) is 0.836. The van der Waals surface area contributed by atoms with Crippen LogP contribution < -0.4 is 5.73 Å². The van der Waals surface area contributed by atoms with Crippen LogP contribution in [0.2, 0.25) is 0 Å². The number of hydrogen-bond donors (Lipinski definition) is 1. The summed E-state index contributed by atoms with van der Waals surface area (Å²) in [6.45, 7) is 2.19. The van der Waals surface area contributed by atoms with Crippen LogP contribution in [0.3, 0.4) is 0 Å². The topological polar surface area (TPSA) is 26.0 Å². The van der Waals surface area contributed by atoms with Gasteiger partial charge in [-0.1, -0.05) is 13.3 Å². The molecule has 0 bridgehead atoms. The predicted molar refractivity (Wildman–Crippen MR) is 67.8 cm³/mol. The fraction of sp³-hybridized carbons (Fsp3) is 0.636. The molecule has 1 aromatic heterocycles. The largest absolute Gasteiger partial charge is 0.328 e. The van der Waals surface area contributed by atoms with Crippen molar-refractivity contribution in [1.82, 2.24) is 0 Å². The van der Waals surface area contributed by atoms with Gasteiger partial charge < -0.3 is 5.73 Å². The molecule has 3 heteroatoms. The lowest BCUT2D eigenvalue weighted by Crippen LogP contribution is -2.19. The van der Waals surface area contributed by atoms with E-state index in [0.29, 0.717) is 6.04 Å². The normalized spacial score (nSPS) is 13.1. The van der Waals surface area contributed by atoms with Crippen LogP contribution in [-0.4, -0.2) is 6.04 Å². The van der Waals surface area contributed by atoms with Crippen molar-refractivity contribution in [2.75, 3.05) is 0 Å². The van der Waals surface area contributed by atoms with E-state index in [0.717, 1.165) is 12.8 Å². The predicted octanol–water partition coefficient (Wildman–Crippen LogP) is 3.96. The van der Waals surface area contributed by atoms with Gasteiger partial charge in [0.05, 0.1) is 3.79 Å². The van der Waals surface area contributed by atoms with Crippen molar-refractivity contribution in [2.45, 2.75) is 45.1 Å². The van der Waals surface area contributed by atoms with E-state index < -0.39 is 0 Å². The molecule has 0 fully saturated rings. The molecule has 14 heavy (non-hydrogen) atoms. The maximum atomic E-state index is 5.95. The Morgan fingerprint density at radius 3 is 2.79 bits per heavy atom. The average molecular weight is 276 g/mol. The minimum absolute atomic E-state index is 0.406. The first kappa shape index (κ1) is 12.2. The highest BCUT2D eigenvalue weighted by molar-refractivity contribution is 9.11. The van der Waals surface area contributed by atoms with E-state index in [1.807, 2.05) is 11.3 Å². The van der Waals surface area contributed by atoms with Crippen molar-refractivity contribution < 1.29 is 0 Å². The number of thiophene rings is 1. The fourth-order valence-electron chi connectivity index (χ4n) is 1.54. The highest BCUT2D eigenvalue weighted by Crippen LogP contribution is 2.23. The van der Waals surface area contributed by atoms with E-state index in [9.17, 15) is 0 Å². The molecule has 1 aromatic rings. The van der Waals surface area contributed by atoms with Crippen LogP contribution in [-0.2, 0) is 6.42 Å².